The van der Waals surface area contributed by atoms with Crippen molar-refractivity contribution in [1.29, 1.82) is 0 Å². The van der Waals surface area contributed by atoms with Gasteiger partial charge in [0.15, 0.2) is 0 Å². The zero-order valence-electron chi connectivity index (χ0n) is 26.2. The quantitative estimate of drug-likeness (QED) is 0.0981. The molecule has 0 bridgehead atoms. The van der Waals surface area contributed by atoms with Crippen LogP contribution in [0.25, 0.3) is 0 Å². The number of rotatable bonds is 13. The van der Waals surface area contributed by atoms with Gasteiger partial charge < -0.3 is 24.8 Å². The standard InChI is InChI=1S/C30H42Cl2N6O4Si/c1-36(2)17-20-9-10-21(23(33)13-20)14-22-15-26(35-18-34-22)37(3)30(39)38(19-42-11-12-43(6,7)8)29-27(31)24(40-4)16-25(41-5)28(29)32/h9-10,13,15-16,18H,11-12,14,17,19,33H2,1-8H3. The summed E-state index contributed by atoms with van der Waals surface area (Å²) in [5.74, 6) is 0.991. The van der Waals surface area contributed by atoms with Gasteiger partial charge in [-0.05, 0) is 37.3 Å². The van der Waals surface area contributed by atoms with E-state index in [-0.39, 0.29) is 22.5 Å². The van der Waals surface area contributed by atoms with Crippen LogP contribution in [0, 0.1) is 0 Å². The van der Waals surface area contributed by atoms with Gasteiger partial charge in [0, 0.05) is 52.5 Å². The number of methoxy groups -OCH3 is 2. The molecular weight excluding hydrogens is 607 g/mol. The number of halogens is 2. The topological polar surface area (TPSA) is 106 Å². The van der Waals surface area contributed by atoms with Crippen molar-refractivity contribution in [3.05, 3.63) is 63.5 Å². The van der Waals surface area contributed by atoms with Gasteiger partial charge in [0.1, 0.15) is 40.4 Å². The van der Waals surface area contributed by atoms with E-state index in [9.17, 15) is 4.79 Å². The molecule has 0 aliphatic carbocycles. The number of anilines is 3. The number of carbonyl (C=O) groups excluding carboxylic acids is 1. The molecule has 13 heteroatoms. The molecule has 1 aromatic heterocycles. The second-order valence-corrected chi connectivity index (χ2v) is 18.1. The number of amides is 2. The molecule has 2 amide bonds. The average Bonchev–Trinajstić information content (AvgIpc) is 2.94. The molecule has 0 atom stereocenters. The summed E-state index contributed by atoms with van der Waals surface area (Å²) in [5.41, 5.74) is 10.0. The smallest absolute Gasteiger partial charge is 0.331 e. The molecule has 0 radical (unpaired) electrons. The van der Waals surface area contributed by atoms with E-state index in [2.05, 4.69) is 40.6 Å². The van der Waals surface area contributed by atoms with Crippen molar-refractivity contribution in [1.82, 2.24) is 14.9 Å². The van der Waals surface area contributed by atoms with Crippen LogP contribution in [0.1, 0.15) is 16.8 Å². The van der Waals surface area contributed by atoms with Crippen molar-refractivity contribution in [2.45, 2.75) is 38.7 Å². The Balaban J connectivity index is 1.93. The number of nitrogen functional groups attached to an aromatic ring is 1. The van der Waals surface area contributed by atoms with Gasteiger partial charge in [0.2, 0.25) is 0 Å². The van der Waals surface area contributed by atoms with Crippen LogP contribution in [-0.2, 0) is 17.7 Å². The first kappa shape index (κ1) is 34.4. The van der Waals surface area contributed by atoms with Gasteiger partial charge in [-0.15, -0.1) is 0 Å². The molecule has 0 aliphatic heterocycles. The normalized spacial score (nSPS) is 11.5. The summed E-state index contributed by atoms with van der Waals surface area (Å²) in [5, 5.41) is 0.306. The Morgan fingerprint density at radius 1 is 0.977 bits per heavy atom. The average molecular weight is 650 g/mol. The molecule has 0 fully saturated rings. The summed E-state index contributed by atoms with van der Waals surface area (Å²) < 4.78 is 16.9. The van der Waals surface area contributed by atoms with Crippen molar-refractivity contribution in [3.63, 3.8) is 0 Å². The molecule has 234 valence electrons. The minimum Gasteiger partial charge on any atom is -0.495 e. The molecule has 0 aliphatic rings. The Hall–Kier alpha value is -3.09. The van der Waals surface area contributed by atoms with E-state index in [1.807, 2.05) is 26.2 Å². The highest BCUT2D eigenvalue weighted by atomic mass is 35.5. The minimum absolute atomic E-state index is 0.100. The van der Waals surface area contributed by atoms with Crippen LogP contribution >= 0.6 is 23.2 Å². The van der Waals surface area contributed by atoms with E-state index in [4.69, 9.17) is 43.1 Å². The van der Waals surface area contributed by atoms with Crippen molar-refractivity contribution in [3.8, 4) is 11.5 Å². The fourth-order valence-corrected chi connectivity index (χ4v) is 5.73. The summed E-state index contributed by atoms with van der Waals surface area (Å²) in [7, 11) is 7.22. The van der Waals surface area contributed by atoms with Gasteiger partial charge in [-0.3, -0.25) is 9.80 Å². The molecular formula is C30H42Cl2N6O4Si. The van der Waals surface area contributed by atoms with Crippen LogP contribution in [0.4, 0.5) is 22.0 Å². The second-order valence-electron chi connectivity index (χ2n) is 11.7. The molecule has 0 saturated heterocycles. The summed E-state index contributed by atoms with van der Waals surface area (Å²) in [6.45, 7) is 7.94. The van der Waals surface area contributed by atoms with Crippen LogP contribution in [0.15, 0.2) is 36.7 Å². The van der Waals surface area contributed by atoms with E-state index in [0.29, 0.717) is 41.7 Å². The molecule has 43 heavy (non-hydrogen) atoms. The van der Waals surface area contributed by atoms with E-state index < -0.39 is 14.1 Å². The highest BCUT2D eigenvalue weighted by Crippen LogP contribution is 2.46. The maximum absolute atomic E-state index is 14.1. The first-order chi connectivity index (χ1) is 20.2. The third kappa shape index (κ3) is 9.20. The van der Waals surface area contributed by atoms with Crippen molar-refractivity contribution < 1.29 is 19.0 Å². The first-order valence-corrected chi connectivity index (χ1v) is 18.3. The molecule has 2 N–H and O–H groups in total. The maximum atomic E-state index is 14.1. The number of carbonyl (C=O) groups is 1. The third-order valence-corrected chi connectivity index (χ3v) is 9.12. The zero-order valence-corrected chi connectivity index (χ0v) is 28.7. The van der Waals surface area contributed by atoms with Gasteiger partial charge in [-0.2, -0.15) is 0 Å². The summed E-state index contributed by atoms with van der Waals surface area (Å²) in [6, 6.07) is 9.81. The second kappa shape index (κ2) is 15.1. The number of ether oxygens (including phenoxy) is 3. The highest BCUT2D eigenvalue weighted by Gasteiger charge is 2.30. The fourth-order valence-electron chi connectivity index (χ4n) is 4.27. The predicted octanol–water partition coefficient (Wildman–Crippen LogP) is 6.41. The molecule has 0 spiro atoms. The molecule has 1 heterocycles. The van der Waals surface area contributed by atoms with Crippen molar-refractivity contribution in [2.24, 2.45) is 0 Å². The number of urea groups is 1. The molecule has 10 nitrogen and oxygen atoms in total. The SMILES string of the molecule is COc1cc(OC)c(Cl)c(N(COCC[Si](C)(C)C)C(=O)N(C)c2cc(Cc3ccc(CN(C)C)cc3N)ncn2)c1Cl. The highest BCUT2D eigenvalue weighted by molar-refractivity contribution is 6.76. The van der Waals surface area contributed by atoms with Crippen LogP contribution in [0.5, 0.6) is 11.5 Å². The van der Waals surface area contributed by atoms with E-state index in [0.717, 1.165) is 23.7 Å². The molecule has 3 rings (SSSR count). The Kier molecular flexibility index (Phi) is 12.1. The Morgan fingerprint density at radius 3 is 2.19 bits per heavy atom. The first-order valence-electron chi connectivity index (χ1n) is 13.8. The number of aromatic nitrogens is 2. The van der Waals surface area contributed by atoms with E-state index in [1.54, 1.807) is 19.2 Å². The van der Waals surface area contributed by atoms with E-state index in [1.165, 1.54) is 30.3 Å². The minimum atomic E-state index is -1.37. The molecule has 3 aromatic rings. The van der Waals surface area contributed by atoms with Gasteiger partial charge >= 0.3 is 6.03 Å². The van der Waals surface area contributed by atoms with Crippen LogP contribution in [0.3, 0.4) is 0 Å². The number of hydrogen-bond donors (Lipinski definition) is 1. The lowest BCUT2D eigenvalue weighted by molar-refractivity contribution is 0.148. The largest absolute Gasteiger partial charge is 0.495 e. The summed E-state index contributed by atoms with van der Waals surface area (Å²) in [6.07, 6.45) is 1.90. The van der Waals surface area contributed by atoms with Gasteiger partial charge in [-0.1, -0.05) is 55.0 Å². The number of benzene rings is 2. The number of nitrogens with zero attached hydrogens (tertiary/aromatic N) is 5. The molecule has 2 aromatic carbocycles. The lowest BCUT2D eigenvalue weighted by Crippen LogP contribution is -2.43. The maximum Gasteiger partial charge on any atom is 0.331 e. The third-order valence-electron chi connectivity index (χ3n) is 6.69. The number of hydrogen-bond acceptors (Lipinski definition) is 8. The fraction of sp³-hybridized carbons (Fsp3) is 0.433. The van der Waals surface area contributed by atoms with Crippen molar-refractivity contribution >= 4 is 54.5 Å². The van der Waals surface area contributed by atoms with Crippen LogP contribution in [0.2, 0.25) is 35.7 Å². The van der Waals surface area contributed by atoms with Crippen molar-refractivity contribution in [2.75, 3.05) is 64.2 Å². The van der Waals surface area contributed by atoms with Gasteiger partial charge in [0.25, 0.3) is 0 Å². The monoisotopic (exact) mass is 648 g/mol. The van der Waals surface area contributed by atoms with Gasteiger partial charge in [-0.25, -0.2) is 14.8 Å². The molecule has 0 saturated carbocycles. The Bertz CT molecular complexity index is 1390. The zero-order chi connectivity index (χ0) is 31.9. The molecule has 0 unspecified atom stereocenters. The Morgan fingerprint density at radius 2 is 1.63 bits per heavy atom. The summed E-state index contributed by atoms with van der Waals surface area (Å²) in [4.78, 5) is 27.7. The summed E-state index contributed by atoms with van der Waals surface area (Å²) >= 11 is 13.4. The van der Waals surface area contributed by atoms with Gasteiger partial charge in [0.05, 0.1) is 25.6 Å². The number of nitrogens with two attached hydrogens (primary N) is 1. The van der Waals surface area contributed by atoms with Crippen LogP contribution < -0.4 is 25.0 Å². The Labute approximate surface area is 265 Å². The predicted molar refractivity (Wildman–Crippen MR) is 178 cm³/mol. The lowest BCUT2D eigenvalue weighted by Gasteiger charge is -2.30. The lowest BCUT2D eigenvalue weighted by atomic mass is 10.0. The van der Waals surface area contributed by atoms with E-state index >= 15 is 0 Å². The van der Waals surface area contributed by atoms with Crippen LogP contribution in [-0.4, -0.2) is 77.7 Å².